The van der Waals surface area contributed by atoms with E-state index in [2.05, 4.69) is 74.2 Å². The summed E-state index contributed by atoms with van der Waals surface area (Å²) >= 11 is 6.01. The number of nitrogens with one attached hydrogen (secondary N) is 2. The van der Waals surface area contributed by atoms with Gasteiger partial charge < -0.3 is 25.2 Å². The number of hydrogen-bond acceptors (Lipinski definition) is 6. The minimum atomic E-state index is -0.250. The van der Waals surface area contributed by atoms with E-state index in [0.29, 0.717) is 17.1 Å². The standard InChI is InChI=1S/C19H30N4O.C15H18ClNO.C2H5F/c1-3-23(11-10-22(2)14-15-6-8-20-9-7-15)17-4-5-18-16(12-17)13-21-19(18)24;1-14(2)9-15(3,4)13(14)18-11-6-5-10(8-17)12(16)7-11;1-2-3/h4-5,12,15,20H,3,6-11,13-14H2,1-2H3,(H,21,24);5-7,13H,9H2,1-4H3;2H2,1H3. The molecule has 0 bridgehead atoms. The van der Waals surface area contributed by atoms with Crippen LogP contribution in [0.2, 0.25) is 5.02 Å². The number of piperidine rings is 1. The van der Waals surface area contributed by atoms with Crippen LogP contribution in [0.4, 0.5) is 10.1 Å². The summed E-state index contributed by atoms with van der Waals surface area (Å²) in [5.41, 5.74) is 4.03. The van der Waals surface area contributed by atoms with Crippen LogP contribution in [0.25, 0.3) is 0 Å². The molecule has 1 aliphatic carbocycles. The summed E-state index contributed by atoms with van der Waals surface area (Å²) in [5, 5.41) is 15.6. The summed E-state index contributed by atoms with van der Waals surface area (Å²) in [6, 6.07) is 13.5. The number of benzene rings is 2. The lowest BCUT2D eigenvalue weighted by atomic mass is 9.53. The minimum Gasteiger partial charge on any atom is -0.489 e. The Hall–Kier alpha value is -2.86. The normalized spacial score (nSPS) is 18.3. The van der Waals surface area contributed by atoms with E-state index in [1.54, 1.807) is 12.1 Å². The highest BCUT2D eigenvalue weighted by Crippen LogP contribution is 2.55. The molecule has 248 valence electrons. The lowest BCUT2D eigenvalue weighted by Gasteiger charge is -2.56. The lowest BCUT2D eigenvalue weighted by molar-refractivity contribution is -0.133. The second-order valence-corrected chi connectivity index (χ2v) is 14.1. The van der Waals surface area contributed by atoms with Crippen molar-refractivity contribution in [3.63, 3.8) is 0 Å². The summed E-state index contributed by atoms with van der Waals surface area (Å²) in [6.07, 6.45) is 3.92. The molecular formula is C36H53ClFN5O2. The molecule has 0 spiro atoms. The van der Waals surface area contributed by atoms with Crippen LogP contribution in [-0.4, -0.2) is 69.9 Å². The van der Waals surface area contributed by atoms with E-state index >= 15 is 0 Å². The molecule has 5 rings (SSSR count). The van der Waals surface area contributed by atoms with Gasteiger partial charge in [0.05, 0.1) is 17.3 Å². The number of halogens is 2. The molecule has 0 aromatic heterocycles. The molecule has 7 nitrogen and oxygen atoms in total. The number of anilines is 1. The highest BCUT2D eigenvalue weighted by Gasteiger charge is 2.54. The molecule has 0 unspecified atom stereocenters. The monoisotopic (exact) mass is 641 g/mol. The Bertz CT molecular complexity index is 1290. The lowest BCUT2D eigenvalue weighted by Crippen LogP contribution is -2.58. The van der Waals surface area contributed by atoms with E-state index in [4.69, 9.17) is 21.6 Å². The van der Waals surface area contributed by atoms with Gasteiger partial charge in [-0.25, -0.2) is 0 Å². The van der Waals surface area contributed by atoms with Gasteiger partial charge in [0.25, 0.3) is 5.91 Å². The zero-order chi connectivity index (χ0) is 33.2. The SMILES string of the molecule is CC1(C)CC(C)(C)C1Oc1ccc(C#N)c(Cl)c1.CCF.CCN(CCN(C)CC1CCNCC1)c1ccc2c(c1)CNC2=O. The van der Waals surface area contributed by atoms with Crippen LogP contribution in [-0.2, 0) is 6.54 Å². The number of ether oxygens (including phenoxy) is 1. The fraction of sp³-hybridized carbons (Fsp3) is 0.611. The number of nitrogens with zero attached hydrogens (tertiary/aromatic N) is 3. The maximum atomic E-state index is 11.7. The average molecular weight is 642 g/mol. The Morgan fingerprint density at radius 1 is 1.07 bits per heavy atom. The summed E-state index contributed by atoms with van der Waals surface area (Å²) in [7, 11) is 2.24. The predicted octanol–water partition coefficient (Wildman–Crippen LogP) is 7.08. The van der Waals surface area contributed by atoms with Gasteiger partial charge >= 0.3 is 0 Å². The number of alkyl halides is 1. The first kappa shape index (κ1) is 36.6. The molecule has 45 heavy (non-hydrogen) atoms. The molecule has 2 heterocycles. The maximum absolute atomic E-state index is 11.7. The molecule has 2 aromatic carbocycles. The number of hydrogen-bond donors (Lipinski definition) is 2. The van der Waals surface area contributed by atoms with Gasteiger partial charge in [0.1, 0.15) is 17.9 Å². The molecule has 9 heteroatoms. The smallest absolute Gasteiger partial charge is 0.251 e. The van der Waals surface area contributed by atoms with Gasteiger partial charge in [0.2, 0.25) is 0 Å². The van der Waals surface area contributed by atoms with E-state index in [9.17, 15) is 9.18 Å². The van der Waals surface area contributed by atoms with E-state index in [-0.39, 0.29) is 29.5 Å². The van der Waals surface area contributed by atoms with Crippen molar-refractivity contribution in [1.82, 2.24) is 15.5 Å². The van der Waals surface area contributed by atoms with Crippen molar-refractivity contribution >= 4 is 23.2 Å². The average Bonchev–Trinajstić information content (AvgIpc) is 3.37. The van der Waals surface area contributed by atoms with Gasteiger partial charge in [-0.2, -0.15) is 5.26 Å². The minimum absolute atomic E-state index is 0.0568. The van der Waals surface area contributed by atoms with Gasteiger partial charge in [0.15, 0.2) is 0 Å². The molecule has 2 aliphatic heterocycles. The molecule has 0 atom stereocenters. The van der Waals surface area contributed by atoms with Crippen LogP contribution in [0.1, 0.15) is 82.3 Å². The quantitative estimate of drug-likeness (QED) is 0.305. The van der Waals surface area contributed by atoms with Crippen molar-refractivity contribution in [2.75, 3.05) is 57.9 Å². The zero-order valence-electron chi connectivity index (χ0n) is 28.3. The Kier molecular flexibility index (Phi) is 13.5. The number of nitriles is 1. The van der Waals surface area contributed by atoms with Crippen molar-refractivity contribution in [2.24, 2.45) is 16.7 Å². The second kappa shape index (κ2) is 16.6. The highest BCUT2D eigenvalue weighted by molar-refractivity contribution is 6.31. The number of fused-ring (bicyclic) bond motifs is 1. The third kappa shape index (κ3) is 10.1. The number of carbonyl (C=O) groups excluding carboxylic acids is 1. The largest absolute Gasteiger partial charge is 0.489 e. The van der Waals surface area contributed by atoms with E-state index in [1.807, 2.05) is 18.2 Å². The predicted molar refractivity (Wildman–Crippen MR) is 183 cm³/mol. The summed E-state index contributed by atoms with van der Waals surface area (Å²) in [6.45, 7) is 19.6. The first-order chi connectivity index (χ1) is 21.3. The van der Waals surface area contributed by atoms with Crippen LogP contribution < -0.4 is 20.3 Å². The van der Waals surface area contributed by atoms with Crippen molar-refractivity contribution in [1.29, 1.82) is 5.26 Å². The molecule has 1 saturated heterocycles. The topological polar surface area (TPSA) is 80.6 Å². The molecule has 1 amide bonds. The van der Waals surface area contributed by atoms with Crippen molar-refractivity contribution in [3.05, 3.63) is 58.1 Å². The maximum Gasteiger partial charge on any atom is 0.251 e. The summed E-state index contributed by atoms with van der Waals surface area (Å²) in [4.78, 5) is 16.6. The number of rotatable bonds is 9. The van der Waals surface area contributed by atoms with Crippen LogP contribution >= 0.6 is 11.6 Å². The molecule has 2 N–H and O–H groups in total. The second-order valence-electron chi connectivity index (χ2n) is 13.7. The van der Waals surface area contributed by atoms with Gasteiger partial charge in [-0.15, -0.1) is 0 Å². The molecule has 2 fully saturated rings. The molecule has 3 aliphatic rings. The molecular weight excluding hydrogens is 589 g/mol. The van der Waals surface area contributed by atoms with Crippen LogP contribution in [0, 0.1) is 28.1 Å². The number of likely N-dealkylation sites (N-methyl/N-ethyl adjacent to an activating group) is 2. The van der Waals surface area contributed by atoms with Crippen LogP contribution in [0.15, 0.2) is 36.4 Å². The Labute approximate surface area is 275 Å². The van der Waals surface area contributed by atoms with Crippen molar-refractivity contribution in [3.8, 4) is 11.8 Å². The van der Waals surface area contributed by atoms with Crippen molar-refractivity contribution < 1.29 is 13.9 Å². The Morgan fingerprint density at radius 3 is 2.31 bits per heavy atom. The molecule has 2 aromatic rings. The summed E-state index contributed by atoms with van der Waals surface area (Å²) < 4.78 is 16.4. The number of amides is 1. The molecule has 0 radical (unpaired) electrons. The van der Waals surface area contributed by atoms with Gasteiger partial charge in [0, 0.05) is 60.9 Å². The third-order valence-corrected chi connectivity index (χ3v) is 9.26. The fourth-order valence-electron chi connectivity index (χ4n) is 7.17. The summed E-state index contributed by atoms with van der Waals surface area (Å²) in [5.74, 6) is 1.63. The first-order valence-corrected chi connectivity index (χ1v) is 16.7. The van der Waals surface area contributed by atoms with Gasteiger partial charge in [-0.3, -0.25) is 9.18 Å². The van der Waals surface area contributed by atoms with E-state index in [0.717, 1.165) is 48.8 Å². The van der Waals surface area contributed by atoms with E-state index < -0.39 is 0 Å². The first-order valence-electron chi connectivity index (χ1n) is 16.3. The Morgan fingerprint density at radius 2 is 1.73 bits per heavy atom. The third-order valence-electron chi connectivity index (χ3n) is 8.95. The Balaban J connectivity index is 0.000000234. The molecule has 1 saturated carbocycles. The fourth-order valence-corrected chi connectivity index (χ4v) is 7.39. The van der Waals surface area contributed by atoms with Crippen LogP contribution in [0.5, 0.6) is 5.75 Å². The highest BCUT2D eigenvalue weighted by atomic mass is 35.5. The van der Waals surface area contributed by atoms with Gasteiger partial charge in [-0.1, -0.05) is 39.3 Å². The van der Waals surface area contributed by atoms with Gasteiger partial charge in [-0.05, 0) is 95.1 Å². The van der Waals surface area contributed by atoms with Crippen LogP contribution in [0.3, 0.4) is 0 Å². The van der Waals surface area contributed by atoms with E-state index in [1.165, 1.54) is 45.1 Å². The number of carbonyl (C=O) groups is 1. The zero-order valence-corrected chi connectivity index (χ0v) is 29.1. The van der Waals surface area contributed by atoms with Crippen molar-refractivity contribution in [2.45, 2.75) is 73.5 Å².